The van der Waals surface area contributed by atoms with Gasteiger partial charge >= 0.3 is 0 Å². The molecular weight excluding hydrogens is 439 g/mol. The molecule has 2 bridgehead atoms. The van der Waals surface area contributed by atoms with Gasteiger partial charge in [-0.2, -0.15) is 0 Å². The number of alkyl halides is 1. The molecule has 0 radical (unpaired) electrons. The molecule has 0 aliphatic carbocycles. The Morgan fingerprint density at radius 3 is 1.69 bits per heavy atom. The van der Waals surface area contributed by atoms with Crippen LogP contribution in [-0.4, -0.2) is 11.5 Å². The van der Waals surface area contributed by atoms with Gasteiger partial charge < -0.3 is 4.57 Å². The highest BCUT2D eigenvalue weighted by atomic mass is 79.9. The molecule has 0 spiro atoms. The lowest BCUT2D eigenvalue weighted by molar-refractivity contribution is 0.577. The molecule has 0 aromatic heterocycles. The van der Waals surface area contributed by atoms with Gasteiger partial charge in [0.25, 0.3) is 0 Å². The van der Waals surface area contributed by atoms with Gasteiger partial charge in [0.2, 0.25) is 0 Å². The predicted octanol–water partition coefficient (Wildman–Crippen LogP) is 7.76. The molecule has 0 N–H and O–H groups in total. The van der Waals surface area contributed by atoms with Crippen LogP contribution in [0.15, 0.2) is 96.6 Å². The van der Waals surface area contributed by atoms with Crippen molar-refractivity contribution < 1.29 is 4.57 Å². The molecule has 0 saturated heterocycles. The van der Waals surface area contributed by atoms with Gasteiger partial charge in [-0.25, -0.2) is 0 Å². The van der Waals surface area contributed by atoms with Crippen LogP contribution < -0.4 is 0 Å². The summed E-state index contributed by atoms with van der Waals surface area (Å²) < 4.78 is 14.9. The summed E-state index contributed by atoms with van der Waals surface area (Å²) >= 11 is 3.75. The van der Waals surface area contributed by atoms with E-state index in [1.807, 2.05) is 42.5 Å². The van der Waals surface area contributed by atoms with E-state index < -0.39 is 7.14 Å². The van der Waals surface area contributed by atoms with Crippen molar-refractivity contribution in [2.24, 2.45) is 5.41 Å². The van der Waals surface area contributed by atoms with Crippen LogP contribution in [-0.2, 0) is 4.57 Å². The normalized spacial score (nSPS) is 25.7. The third-order valence-corrected chi connectivity index (χ3v) is 10.4. The number of allylic oxidation sites excluding steroid dienone is 2. The summed E-state index contributed by atoms with van der Waals surface area (Å²) in [5.74, 6) is 0. The summed E-state index contributed by atoms with van der Waals surface area (Å²) in [6, 6.07) is 31.2. The molecule has 3 aromatic carbocycles. The second kappa shape index (κ2) is 6.97. The van der Waals surface area contributed by atoms with Crippen LogP contribution in [0.25, 0.3) is 16.2 Å². The quantitative estimate of drug-likeness (QED) is 0.287. The molecular formula is C26H22BrOP. The fraction of sp³-hybridized carbons (Fsp3) is 0.154. The summed E-state index contributed by atoms with van der Waals surface area (Å²) in [6.07, 6.45) is 0.680. The number of hydrogen-bond donors (Lipinski definition) is 0. The molecule has 2 aliphatic rings. The van der Waals surface area contributed by atoms with Crippen LogP contribution in [0, 0.1) is 5.41 Å². The highest BCUT2D eigenvalue weighted by Gasteiger charge is 2.59. The Bertz CT molecular complexity index is 1180. The van der Waals surface area contributed by atoms with Crippen molar-refractivity contribution in [3.63, 3.8) is 0 Å². The fourth-order valence-corrected chi connectivity index (χ4v) is 10.7. The van der Waals surface area contributed by atoms with E-state index in [2.05, 4.69) is 71.4 Å². The smallest absolute Gasteiger partial charge is 0.145 e. The Morgan fingerprint density at radius 1 is 0.759 bits per heavy atom. The summed E-state index contributed by atoms with van der Waals surface area (Å²) in [5, 5.41) is 2.85. The minimum absolute atomic E-state index is 0.239. The van der Waals surface area contributed by atoms with E-state index in [0.29, 0.717) is 6.16 Å². The predicted molar refractivity (Wildman–Crippen MR) is 127 cm³/mol. The SMILES string of the molecule is CC12CP(=O)(C(c3ccccc3)=C1CBr)C(c1ccccc1)=C2c1ccccc1. The van der Waals surface area contributed by atoms with Gasteiger partial charge in [0.05, 0.1) is 0 Å². The van der Waals surface area contributed by atoms with Crippen molar-refractivity contribution in [2.75, 3.05) is 11.5 Å². The molecule has 0 saturated carbocycles. The first-order valence-electron chi connectivity index (χ1n) is 9.90. The van der Waals surface area contributed by atoms with Gasteiger partial charge in [0.15, 0.2) is 0 Å². The van der Waals surface area contributed by atoms with Crippen molar-refractivity contribution in [1.82, 2.24) is 0 Å². The van der Waals surface area contributed by atoms with Gasteiger partial charge in [-0.05, 0) is 27.8 Å². The van der Waals surface area contributed by atoms with Crippen molar-refractivity contribution in [1.29, 1.82) is 0 Å². The molecule has 2 atom stereocenters. The minimum atomic E-state index is -2.77. The summed E-state index contributed by atoms with van der Waals surface area (Å²) in [7, 11) is -2.77. The molecule has 2 unspecified atom stereocenters. The molecule has 2 heterocycles. The third kappa shape index (κ3) is 2.70. The van der Waals surface area contributed by atoms with Crippen LogP contribution in [0.1, 0.15) is 23.6 Å². The fourth-order valence-electron chi connectivity index (χ4n) is 5.16. The van der Waals surface area contributed by atoms with E-state index in [1.54, 1.807) is 0 Å². The first-order valence-corrected chi connectivity index (χ1v) is 12.9. The van der Waals surface area contributed by atoms with E-state index in [4.69, 9.17) is 0 Å². The zero-order valence-corrected chi connectivity index (χ0v) is 18.8. The Labute approximate surface area is 180 Å². The Hall–Kier alpha value is -2.15. The summed E-state index contributed by atoms with van der Waals surface area (Å²) in [5.41, 5.74) is 5.62. The molecule has 2 aliphatic heterocycles. The zero-order valence-electron chi connectivity index (χ0n) is 16.3. The maximum absolute atomic E-state index is 14.9. The lowest BCUT2D eigenvalue weighted by Crippen LogP contribution is -2.21. The van der Waals surface area contributed by atoms with Crippen molar-refractivity contribution in [3.05, 3.63) is 113 Å². The lowest BCUT2D eigenvalue weighted by atomic mass is 9.73. The van der Waals surface area contributed by atoms with Gasteiger partial charge in [-0.15, -0.1) is 0 Å². The lowest BCUT2D eigenvalue weighted by Gasteiger charge is -2.32. The van der Waals surface area contributed by atoms with E-state index in [9.17, 15) is 4.57 Å². The molecule has 29 heavy (non-hydrogen) atoms. The van der Waals surface area contributed by atoms with Crippen LogP contribution in [0.2, 0.25) is 0 Å². The van der Waals surface area contributed by atoms with E-state index in [-0.39, 0.29) is 5.41 Å². The molecule has 5 rings (SSSR count). The summed E-state index contributed by atoms with van der Waals surface area (Å²) in [6.45, 7) is 2.28. The average molecular weight is 461 g/mol. The largest absolute Gasteiger partial charge is 0.314 e. The maximum Gasteiger partial charge on any atom is 0.145 e. The standard InChI is InChI=1S/C26H22BrOP/c1-26-18-29(28,24(22(26)17-27)20-13-7-3-8-14-20)25(21-15-9-4-10-16-21)23(26)19-11-5-2-6-12-19/h2-16H,17-18H2,1H3. The Balaban J connectivity index is 1.86. The van der Waals surface area contributed by atoms with Crippen LogP contribution >= 0.6 is 23.1 Å². The third-order valence-electron chi connectivity index (χ3n) is 6.29. The number of rotatable bonds is 4. The monoisotopic (exact) mass is 460 g/mol. The number of benzene rings is 3. The molecule has 3 heteroatoms. The highest BCUT2D eigenvalue weighted by Crippen LogP contribution is 2.85. The van der Waals surface area contributed by atoms with Crippen LogP contribution in [0.4, 0.5) is 0 Å². The second-order valence-corrected chi connectivity index (χ2v) is 11.3. The summed E-state index contributed by atoms with van der Waals surface area (Å²) in [4.78, 5) is 0. The van der Waals surface area contributed by atoms with Gasteiger partial charge in [0.1, 0.15) is 7.14 Å². The molecule has 144 valence electrons. The van der Waals surface area contributed by atoms with Crippen molar-refractivity contribution >= 4 is 39.3 Å². The topological polar surface area (TPSA) is 17.1 Å². The van der Waals surface area contributed by atoms with Gasteiger partial charge in [0, 0.05) is 27.5 Å². The number of halogens is 1. The first-order chi connectivity index (χ1) is 14.1. The van der Waals surface area contributed by atoms with Crippen LogP contribution in [0.5, 0.6) is 0 Å². The first kappa shape index (κ1) is 18.9. The zero-order chi connectivity index (χ0) is 20.1. The van der Waals surface area contributed by atoms with E-state index in [1.165, 1.54) is 16.7 Å². The van der Waals surface area contributed by atoms with Crippen LogP contribution in [0.3, 0.4) is 0 Å². The van der Waals surface area contributed by atoms with Gasteiger partial charge in [-0.1, -0.05) is 114 Å². The number of hydrogen-bond acceptors (Lipinski definition) is 1. The molecule has 0 fully saturated rings. The molecule has 3 aromatic rings. The Morgan fingerprint density at radius 2 is 1.21 bits per heavy atom. The van der Waals surface area contributed by atoms with Crippen molar-refractivity contribution in [3.8, 4) is 0 Å². The van der Waals surface area contributed by atoms with E-state index >= 15 is 0 Å². The maximum atomic E-state index is 14.9. The molecule has 0 amide bonds. The second-order valence-electron chi connectivity index (χ2n) is 8.01. The minimum Gasteiger partial charge on any atom is -0.314 e. The Kier molecular flexibility index (Phi) is 4.53. The van der Waals surface area contributed by atoms with Crippen molar-refractivity contribution in [2.45, 2.75) is 6.92 Å². The number of fused-ring (bicyclic) bond motifs is 2. The van der Waals surface area contributed by atoms with E-state index in [0.717, 1.165) is 27.1 Å². The molecule has 1 nitrogen and oxygen atoms in total. The van der Waals surface area contributed by atoms with Gasteiger partial charge in [-0.3, -0.25) is 0 Å². The average Bonchev–Trinajstić information content (AvgIpc) is 3.15. The highest BCUT2D eigenvalue weighted by molar-refractivity contribution is 9.09.